The van der Waals surface area contributed by atoms with Gasteiger partial charge < -0.3 is 10.0 Å². The van der Waals surface area contributed by atoms with E-state index in [4.69, 9.17) is 0 Å². The third kappa shape index (κ3) is 2.72. The van der Waals surface area contributed by atoms with Gasteiger partial charge in [-0.1, -0.05) is 0 Å². The van der Waals surface area contributed by atoms with Gasteiger partial charge >= 0.3 is 0 Å². The molecule has 1 aromatic rings. The first-order chi connectivity index (χ1) is 6.93. The number of nitrogens with zero attached hydrogens (tertiary/aromatic N) is 1. The highest BCUT2D eigenvalue weighted by Crippen LogP contribution is 2.27. The second-order valence-electron chi connectivity index (χ2n) is 4.49. The molecule has 2 heteroatoms. The van der Waals surface area contributed by atoms with Crippen LogP contribution >= 0.6 is 0 Å². The molecule has 1 N–H and O–H groups in total. The predicted molar refractivity (Wildman–Crippen MR) is 64.6 cm³/mol. The third-order valence-corrected chi connectivity index (χ3v) is 3.08. The number of aromatic hydroxyl groups is 1. The van der Waals surface area contributed by atoms with E-state index in [1.54, 1.807) is 0 Å². The van der Waals surface area contributed by atoms with Crippen LogP contribution in [-0.2, 0) is 6.42 Å². The fourth-order valence-corrected chi connectivity index (χ4v) is 1.77. The van der Waals surface area contributed by atoms with Crippen LogP contribution in [-0.4, -0.2) is 30.6 Å². The van der Waals surface area contributed by atoms with Crippen LogP contribution in [0.5, 0.6) is 5.75 Å². The van der Waals surface area contributed by atoms with Crippen molar-refractivity contribution in [1.82, 2.24) is 4.90 Å². The Balaban J connectivity index is 3.02. The average molecular weight is 207 g/mol. The third-order valence-electron chi connectivity index (χ3n) is 3.08. The van der Waals surface area contributed by atoms with Crippen LogP contribution < -0.4 is 0 Å². The summed E-state index contributed by atoms with van der Waals surface area (Å²) < 4.78 is 0. The maximum absolute atomic E-state index is 9.89. The van der Waals surface area contributed by atoms with Gasteiger partial charge in [-0.2, -0.15) is 0 Å². The van der Waals surface area contributed by atoms with E-state index in [2.05, 4.69) is 18.7 Å². The zero-order chi connectivity index (χ0) is 11.6. The van der Waals surface area contributed by atoms with Crippen LogP contribution in [0.4, 0.5) is 0 Å². The molecule has 0 saturated carbocycles. The highest BCUT2D eigenvalue weighted by Gasteiger charge is 2.09. The van der Waals surface area contributed by atoms with E-state index in [1.165, 1.54) is 16.7 Å². The summed E-state index contributed by atoms with van der Waals surface area (Å²) in [6, 6.07) is 1.87. The molecule has 0 bridgehead atoms. The van der Waals surface area contributed by atoms with Gasteiger partial charge in [0.05, 0.1) is 0 Å². The van der Waals surface area contributed by atoms with Gasteiger partial charge in [-0.05, 0) is 69.6 Å². The Hall–Kier alpha value is -1.02. The van der Waals surface area contributed by atoms with Gasteiger partial charge in [0.2, 0.25) is 0 Å². The molecule has 0 heterocycles. The smallest absolute Gasteiger partial charge is 0.119 e. The normalized spacial score (nSPS) is 11.1. The fraction of sp³-hybridized carbons (Fsp3) is 0.538. The van der Waals surface area contributed by atoms with Crippen LogP contribution in [0, 0.1) is 20.8 Å². The molecule has 0 aromatic heterocycles. The van der Waals surface area contributed by atoms with E-state index in [-0.39, 0.29) is 0 Å². The lowest BCUT2D eigenvalue weighted by molar-refractivity contribution is 0.405. The summed E-state index contributed by atoms with van der Waals surface area (Å²) in [6.07, 6.45) is 0.909. The maximum Gasteiger partial charge on any atom is 0.119 e. The summed E-state index contributed by atoms with van der Waals surface area (Å²) in [5, 5.41) is 9.89. The fourth-order valence-electron chi connectivity index (χ4n) is 1.77. The molecule has 1 rings (SSSR count). The van der Waals surface area contributed by atoms with Crippen LogP contribution in [0.25, 0.3) is 0 Å². The molecule has 0 saturated heterocycles. The number of hydrogen-bond donors (Lipinski definition) is 1. The van der Waals surface area contributed by atoms with Gasteiger partial charge in [-0.25, -0.2) is 0 Å². The second kappa shape index (κ2) is 4.67. The highest BCUT2D eigenvalue weighted by atomic mass is 16.3. The van der Waals surface area contributed by atoms with Crippen molar-refractivity contribution < 1.29 is 5.11 Å². The first-order valence-electron chi connectivity index (χ1n) is 5.37. The number of hydrogen-bond acceptors (Lipinski definition) is 2. The Kier molecular flexibility index (Phi) is 3.75. The maximum atomic E-state index is 9.89. The molecule has 0 aliphatic heterocycles. The Labute approximate surface area is 92.5 Å². The van der Waals surface area contributed by atoms with Crippen LogP contribution in [0.1, 0.15) is 22.3 Å². The molecule has 0 spiro atoms. The van der Waals surface area contributed by atoms with Crippen molar-refractivity contribution >= 4 is 0 Å². The molecule has 0 radical (unpaired) electrons. The number of phenolic OH excluding ortho intramolecular Hbond substituents is 1. The predicted octanol–water partition coefficient (Wildman–Crippen LogP) is 2.42. The molecule has 0 atom stereocenters. The quantitative estimate of drug-likeness (QED) is 0.823. The number of likely N-dealkylation sites (N-methyl/N-ethyl adjacent to an activating group) is 1. The summed E-state index contributed by atoms with van der Waals surface area (Å²) in [5.74, 6) is 0.442. The van der Waals surface area contributed by atoms with Crippen molar-refractivity contribution in [3.8, 4) is 5.75 Å². The molecule has 1 aromatic carbocycles. The first kappa shape index (κ1) is 12.1. The van der Waals surface area contributed by atoms with Crippen LogP contribution in [0.2, 0.25) is 0 Å². The van der Waals surface area contributed by atoms with E-state index in [1.807, 2.05) is 27.1 Å². The summed E-state index contributed by atoms with van der Waals surface area (Å²) >= 11 is 0. The van der Waals surface area contributed by atoms with Gasteiger partial charge in [-0.15, -0.1) is 0 Å². The zero-order valence-corrected chi connectivity index (χ0v) is 10.4. The van der Waals surface area contributed by atoms with Crippen molar-refractivity contribution in [2.24, 2.45) is 0 Å². The molecular weight excluding hydrogens is 186 g/mol. The molecule has 15 heavy (non-hydrogen) atoms. The van der Waals surface area contributed by atoms with Crippen LogP contribution in [0.15, 0.2) is 6.07 Å². The van der Waals surface area contributed by atoms with Gasteiger partial charge in [0.15, 0.2) is 0 Å². The van der Waals surface area contributed by atoms with E-state index in [9.17, 15) is 5.11 Å². The summed E-state index contributed by atoms with van der Waals surface area (Å²) in [4.78, 5) is 2.13. The minimum Gasteiger partial charge on any atom is -0.508 e. The minimum absolute atomic E-state index is 0.442. The first-order valence-corrected chi connectivity index (χ1v) is 5.37. The largest absolute Gasteiger partial charge is 0.508 e. The lowest BCUT2D eigenvalue weighted by Crippen LogP contribution is -2.15. The number of rotatable bonds is 3. The molecule has 0 aliphatic carbocycles. The van der Waals surface area contributed by atoms with Crippen molar-refractivity contribution in [3.05, 3.63) is 28.3 Å². The van der Waals surface area contributed by atoms with E-state index >= 15 is 0 Å². The van der Waals surface area contributed by atoms with Crippen molar-refractivity contribution in [3.63, 3.8) is 0 Å². The summed E-state index contributed by atoms with van der Waals surface area (Å²) in [7, 11) is 4.10. The van der Waals surface area contributed by atoms with Gasteiger partial charge in [0, 0.05) is 6.54 Å². The monoisotopic (exact) mass is 207 g/mol. The van der Waals surface area contributed by atoms with Crippen molar-refractivity contribution in [2.45, 2.75) is 27.2 Å². The van der Waals surface area contributed by atoms with Gasteiger partial charge in [0.1, 0.15) is 5.75 Å². The lowest BCUT2D eigenvalue weighted by atomic mass is 9.96. The van der Waals surface area contributed by atoms with Crippen molar-refractivity contribution in [2.75, 3.05) is 20.6 Å². The summed E-state index contributed by atoms with van der Waals surface area (Å²) in [5.41, 5.74) is 4.78. The van der Waals surface area contributed by atoms with Crippen LogP contribution in [0.3, 0.4) is 0 Å². The Bertz CT molecular complexity index is 356. The molecule has 2 nitrogen and oxygen atoms in total. The van der Waals surface area contributed by atoms with E-state index in [0.717, 1.165) is 18.5 Å². The van der Waals surface area contributed by atoms with Gasteiger partial charge in [-0.3, -0.25) is 0 Å². The number of aryl methyl sites for hydroxylation is 1. The lowest BCUT2D eigenvalue weighted by Gasteiger charge is -2.15. The summed E-state index contributed by atoms with van der Waals surface area (Å²) in [6.45, 7) is 7.21. The Morgan fingerprint density at radius 2 is 1.73 bits per heavy atom. The standard InChI is InChI=1S/C13H21NO/c1-9-8-13(15)12(6-7-14(4)5)11(3)10(9)2/h8,15H,6-7H2,1-5H3. The van der Waals surface area contributed by atoms with E-state index < -0.39 is 0 Å². The molecule has 0 amide bonds. The molecule has 84 valence electrons. The molecule has 0 unspecified atom stereocenters. The Morgan fingerprint density at radius 3 is 2.27 bits per heavy atom. The average Bonchev–Trinajstić information content (AvgIpc) is 2.14. The van der Waals surface area contributed by atoms with Gasteiger partial charge in [0.25, 0.3) is 0 Å². The second-order valence-corrected chi connectivity index (χ2v) is 4.49. The number of benzene rings is 1. The SMILES string of the molecule is Cc1cc(O)c(CCN(C)C)c(C)c1C. The topological polar surface area (TPSA) is 23.5 Å². The molecular formula is C13H21NO. The molecule has 0 aliphatic rings. The zero-order valence-electron chi connectivity index (χ0n) is 10.4. The molecule has 0 fully saturated rings. The Morgan fingerprint density at radius 1 is 1.13 bits per heavy atom. The highest BCUT2D eigenvalue weighted by molar-refractivity contribution is 5.47. The number of phenols is 1. The van der Waals surface area contributed by atoms with E-state index in [0.29, 0.717) is 5.75 Å². The van der Waals surface area contributed by atoms with Crippen molar-refractivity contribution in [1.29, 1.82) is 0 Å². The minimum atomic E-state index is 0.442.